The summed E-state index contributed by atoms with van der Waals surface area (Å²) in [6.07, 6.45) is 2.33. The molecule has 1 aromatic heterocycles. The maximum Gasteiger partial charge on any atom is 0.327 e. The van der Waals surface area contributed by atoms with Gasteiger partial charge in [0.15, 0.2) is 0 Å². The lowest BCUT2D eigenvalue weighted by atomic mass is 9.75. The van der Waals surface area contributed by atoms with Gasteiger partial charge in [-0.25, -0.2) is 0 Å². The van der Waals surface area contributed by atoms with Crippen LogP contribution in [-0.4, -0.2) is 22.4 Å². The molecule has 0 N–H and O–H groups in total. The predicted octanol–water partition coefficient (Wildman–Crippen LogP) is 4.75. The van der Waals surface area contributed by atoms with E-state index < -0.39 is 0 Å². The number of benzene rings is 1. The lowest BCUT2D eigenvalue weighted by Crippen LogP contribution is -2.17. The van der Waals surface area contributed by atoms with E-state index in [9.17, 15) is 4.79 Å². The molecule has 0 saturated carbocycles. The highest BCUT2D eigenvalue weighted by molar-refractivity contribution is 5.72. The highest BCUT2D eigenvalue weighted by Crippen LogP contribution is 2.45. The highest BCUT2D eigenvalue weighted by Gasteiger charge is 2.34. The van der Waals surface area contributed by atoms with Crippen LogP contribution in [0.25, 0.3) is 11.3 Å². The molecule has 2 aromatic rings. The monoisotopic (exact) mass is 340 g/mol. The molecule has 0 amide bonds. The summed E-state index contributed by atoms with van der Waals surface area (Å²) < 4.78 is 7.04. The second-order valence-electron chi connectivity index (χ2n) is 7.31. The van der Waals surface area contributed by atoms with Crippen molar-refractivity contribution in [2.75, 3.05) is 6.61 Å². The lowest BCUT2D eigenvalue weighted by molar-refractivity contribution is -0.144. The van der Waals surface area contributed by atoms with E-state index in [1.54, 1.807) is 0 Å². The van der Waals surface area contributed by atoms with Crippen LogP contribution in [0.1, 0.15) is 63.6 Å². The molecule has 4 nitrogen and oxygen atoms in total. The molecule has 0 unspecified atom stereocenters. The standard InChI is InChI=1S/C21H28N2O2/c1-5-25-18(24)13-23-21(16-9-7-6-8-10-16)19-15(4)11-12-17(14(2)3)20(19)22-23/h6-10,14-15,17H,5,11-13H2,1-4H3/t15-,17+/m1/s1. The van der Waals surface area contributed by atoms with Crippen LogP contribution in [0.3, 0.4) is 0 Å². The Bertz CT molecular complexity index is 734. The molecule has 1 heterocycles. The van der Waals surface area contributed by atoms with Gasteiger partial charge < -0.3 is 4.74 Å². The molecule has 0 fully saturated rings. The molecule has 0 bridgehead atoms. The first-order valence-corrected chi connectivity index (χ1v) is 9.34. The van der Waals surface area contributed by atoms with Gasteiger partial charge >= 0.3 is 5.97 Å². The zero-order valence-electron chi connectivity index (χ0n) is 15.7. The molecule has 2 atom stereocenters. The SMILES string of the molecule is CCOC(=O)Cn1nc2c(c1-c1ccccc1)[C@H](C)CC[C@H]2C(C)C. The van der Waals surface area contributed by atoms with Crippen molar-refractivity contribution in [3.63, 3.8) is 0 Å². The molecule has 1 aliphatic carbocycles. The van der Waals surface area contributed by atoms with Gasteiger partial charge in [-0.1, -0.05) is 51.1 Å². The first-order valence-electron chi connectivity index (χ1n) is 9.34. The van der Waals surface area contributed by atoms with Crippen molar-refractivity contribution in [3.05, 3.63) is 41.6 Å². The van der Waals surface area contributed by atoms with E-state index in [1.165, 1.54) is 17.7 Å². The molecule has 1 aromatic carbocycles. The average Bonchev–Trinajstić information content (AvgIpc) is 2.95. The number of carbonyl (C=O) groups excluding carboxylic acids is 1. The first kappa shape index (κ1) is 17.7. The van der Waals surface area contributed by atoms with Crippen molar-refractivity contribution >= 4 is 5.97 Å². The molecule has 0 saturated heterocycles. The Hall–Kier alpha value is -2.10. The average molecular weight is 340 g/mol. The van der Waals surface area contributed by atoms with E-state index in [-0.39, 0.29) is 12.5 Å². The maximum atomic E-state index is 12.1. The molecule has 25 heavy (non-hydrogen) atoms. The Morgan fingerprint density at radius 2 is 2.00 bits per heavy atom. The second-order valence-corrected chi connectivity index (χ2v) is 7.31. The van der Waals surface area contributed by atoms with Crippen LogP contribution in [0.15, 0.2) is 30.3 Å². The summed E-state index contributed by atoms with van der Waals surface area (Å²) in [5.74, 6) is 1.22. The fourth-order valence-electron chi connectivity index (χ4n) is 3.96. The number of hydrogen-bond acceptors (Lipinski definition) is 3. The van der Waals surface area contributed by atoms with E-state index in [4.69, 9.17) is 9.84 Å². The summed E-state index contributed by atoms with van der Waals surface area (Å²) in [5, 5.41) is 4.92. The molecule has 0 radical (unpaired) electrons. The minimum atomic E-state index is -0.228. The van der Waals surface area contributed by atoms with Crippen LogP contribution < -0.4 is 0 Å². The van der Waals surface area contributed by atoms with Crippen molar-refractivity contribution in [2.45, 2.75) is 58.9 Å². The van der Waals surface area contributed by atoms with Crippen molar-refractivity contribution in [1.82, 2.24) is 9.78 Å². The number of ether oxygens (including phenoxy) is 1. The summed E-state index contributed by atoms with van der Waals surface area (Å²) in [7, 11) is 0. The van der Waals surface area contributed by atoms with Gasteiger partial charge in [0, 0.05) is 17.0 Å². The fourth-order valence-corrected chi connectivity index (χ4v) is 3.96. The number of carbonyl (C=O) groups is 1. The minimum absolute atomic E-state index is 0.169. The number of aromatic nitrogens is 2. The molecule has 0 aliphatic heterocycles. The number of fused-ring (bicyclic) bond motifs is 1. The van der Waals surface area contributed by atoms with Gasteiger partial charge in [0.1, 0.15) is 6.54 Å². The van der Waals surface area contributed by atoms with E-state index in [2.05, 4.69) is 32.9 Å². The second kappa shape index (κ2) is 7.42. The zero-order valence-corrected chi connectivity index (χ0v) is 15.7. The van der Waals surface area contributed by atoms with Gasteiger partial charge in [0.05, 0.1) is 18.0 Å². The largest absolute Gasteiger partial charge is 0.465 e. The summed E-state index contributed by atoms with van der Waals surface area (Å²) in [4.78, 5) is 12.1. The van der Waals surface area contributed by atoms with Crippen LogP contribution in [0.5, 0.6) is 0 Å². The third-order valence-corrected chi connectivity index (χ3v) is 5.21. The molecule has 0 spiro atoms. The number of esters is 1. The summed E-state index contributed by atoms with van der Waals surface area (Å²) in [6.45, 7) is 9.20. The predicted molar refractivity (Wildman–Crippen MR) is 99.5 cm³/mol. The van der Waals surface area contributed by atoms with Crippen LogP contribution in [-0.2, 0) is 16.1 Å². The smallest absolute Gasteiger partial charge is 0.327 e. The number of rotatable bonds is 5. The maximum absolute atomic E-state index is 12.1. The third-order valence-electron chi connectivity index (χ3n) is 5.21. The Balaban J connectivity index is 2.14. The van der Waals surface area contributed by atoms with E-state index in [0.717, 1.165) is 17.7 Å². The molecular weight excluding hydrogens is 312 g/mol. The van der Waals surface area contributed by atoms with E-state index in [1.807, 2.05) is 29.8 Å². The molecular formula is C21H28N2O2. The zero-order chi connectivity index (χ0) is 18.0. The van der Waals surface area contributed by atoms with Gasteiger partial charge in [-0.3, -0.25) is 9.48 Å². The Kier molecular flexibility index (Phi) is 5.26. The number of nitrogens with zero attached hydrogens (tertiary/aromatic N) is 2. The van der Waals surface area contributed by atoms with Crippen LogP contribution >= 0.6 is 0 Å². The first-order chi connectivity index (χ1) is 12.0. The van der Waals surface area contributed by atoms with E-state index >= 15 is 0 Å². The van der Waals surface area contributed by atoms with Crippen molar-refractivity contribution in [3.8, 4) is 11.3 Å². The van der Waals surface area contributed by atoms with Crippen LogP contribution in [0.2, 0.25) is 0 Å². The van der Waals surface area contributed by atoms with Crippen LogP contribution in [0, 0.1) is 5.92 Å². The highest BCUT2D eigenvalue weighted by atomic mass is 16.5. The lowest BCUT2D eigenvalue weighted by Gasteiger charge is -2.29. The van der Waals surface area contributed by atoms with Crippen molar-refractivity contribution in [2.24, 2.45) is 5.92 Å². The summed E-state index contributed by atoms with van der Waals surface area (Å²) >= 11 is 0. The van der Waals surface area contributed by atoms with Gasteiger partial charge in [-0.05, 0) is 31.6 Å². The van der Waals surface area contributed by atoms with Gasteiger partial charge in [0.25, 0.3) is 0 Å². The minimum Gasteiger partial charge on any atom is -0.465 e. The molecule has 4 heteroatoms. The Morgan fingerprint density at radius 1 is 1.28 bits per heavy atom. The quantitative estimate of drug-likeness (QED) is 0.738. The Morgan fingerprint density at radius 3 is 2.64 bits per heavy atom. The summed E-state index contributed by atoms with van der Waals surface area (Å²) in [6, 6.07) is 10.3. The normalized spacial score (nSPS) is 19.7. The Labute approximate surface area is 150 Å². The van der Waals surface area contributed by atoms with Crippen molar-refractivity contribution < 1.29 is 9.53 Å². The van der Waals surface area contributed by atoms with E-state index in [0.29, 0.717) is 24.4 Å². The van der Waals surface area contributed by atoms with Gasteiger partial charge in [-0.2, -0.15) is 5.10 Å². The molecule has 1 aliphatic rings. The van der Waals surface area contributed by atoms with Crippen LogP contribution in [0.4, 0.5) is 0 Å². The van der Waals surface area contributed by atoms with Gasteiger partial charge in [-0.15, -0.1) is 0 Å². The topological polar surface area (TPSA) is 44.1 Å². The molecule has 3 rings (SSSR count). The molecule has 134 valence electrons. The van der Waals surface area contributed by atoms with Crippen molar-refractivity contribution in [1.29, 1.82) is 0 Å². The fraction of sp³-hybridized carbons (Fsp3) is 0.524. The summed E-state index contributed by atoms with van der Waals surface area (Å²) in [5.41, 5.74) is 4.70. The van der Waals surface area contributed by atoms with Gasteiger partial charge in [0.2, 0.25) is 0 Å². The third kappa shape index (κ3) is 3.48. The number of hydrogen-bond donors (Lipinski definition) is 0.